The Morgan fingerprint density at radius 2 is 2.06 bits per heavy atom. The predicted octanol–water partition coefficient (Wildman–Crippen LogP) is 1.93. The molecule has 2 rings (SSSR count). The van der Waals surface area contributed by atoms with Crippen molar-refractivity contribution in [3.05, 3.63) is 48.0 Å². The molecule has 0 saturated heterocycles. The Morgan fingerprint density at radius 3 is 2.76 bits per heavy atom. The van der Waals surface area contributed by atoms with Gasteiger partial charge < -0.3 is 10.3 Å². The van der Waals surface area contributed by atoms with E-state index in [0.29, 0.717) is 0 Å². The van der Waals surface area contributed by atoms with Crippen LogP contribution in [0.1, 0.15) is 30.8 Å². The molecule has 0 amide bonds. The average molecular weight is 230 g/mol. The van der Waals surface area contributed by atoms with E-state index in [2.05, 4.69) is 33.8 Å². The van der Waals surface area contributed by atoms with E-state index >= 15 is 0 Å². The Balaban J connectivity index is 1.95. The maximum absolute atomic E-state index is 6.15. The summed E-state index contributed by atoms with van der Waals surface area (Å²) in [7, 11) is 0. The zero-order valence-corrected chi connectivity index (χ0v) is 10.1. The third kappa shape index (κ3) is 2.91. The maximum atomic E-state index is 6.15. The van der Waals surface area contributed by atoms with Crippen molar-refractivity contribution >= 4 is 0 Å². The molecule has 1 atom stereocenters. The first-order valence-corrected chi connectivity index (χ1v) is 5.98. The lowest BCUT2D eigenvalue weighted by atomic mass is 10.0. The summed E-state index contributed by atoms with van der Waals surface area (Å²) < 4.78 is 2.05. The molecule has 2 N–H and O–H groups in total. The van der Waals surface area contributed by atoms with Crippen LogP contribution in [0.3, 0.4) is 0 Å². The molecule has 1 aromatic carbocycles. The van der Waals surface area contributed by atoms with Gasteiger partial charge in [0.25, 0.3) is 0 Å². The highest BCUT2D eigenvalue weighted by molar-refractivity contribution is 5.18. The Hall–Kier alpha value is -1.68. The normalized spacial score (nSPS) is 12.6. The molecule has 0 aliphatic carbocycles. The second-order valence-corrected chi connectivity index (χ2v) is 4.09. The van der Waals surface area contributed by atoms with Gasteiger partial charge in [-0.25, -0.2) is 0 Å². The number of nitrogens with two attached hydrogens (primary N) is 1. The SMILES string of the molecule is CCn1cnnc1CCC(N)c1ccccc1. The quantitative estimate of drug-likeness (QED) is 0.854. The molecule has 0 fully saturated rings. The molecule has 0 aliphatic heterocycles. The van der Waals surface area contributed by atoms with Crippen LogP contribution in [-0.2, 0) is 13.0 Å². The molecule has 0 saturated carbocycles. The number of aryl methyl sites for hydroxylation is 2. The largest absolute Gasteiger partial charge is 0.324 e. The Bertz CT molecular complexity index is 449. The molecular weight excluding hydrogens is 212 g/mol. The summed E-state index contributed by atoms with van der Waals surface area (Å²) in [6, 6.07) is 10.2. The topological polar surface area (TPSA) is 56.7 Å². The van der Waals surface area contributed by atoms with E-state index in [9.17, 15) is 0 Å². The van der Waals surface area contributed by atoms with Gasteiger partial charge in [-0.05, 0) is 18.9 Å². The molecule has 4 heteroatoms. The molecule has 0 spiro atoms. The highest BCUT2D eigenvalue weighted by Gasteiger charge is 2.08. The minimum Gasteiger partial charge on any atom is -0.324 e. The third-order valence-corrected chi connectivity index (χ3v) is 2.94. The van der Waals surface area contributed by atoms with Crippen molar-refractivity contribution in [2.75, 3.05) is 0 Å². The van der Waals surface area contributed by atoms with Crippen LogP contribution in [0.5, 0.6) is 0 Å². The molecule has 1 aromatic heterocycles. The van der Waals surface area contributed by atoms with Gasteiger partial charge in [-0.3, -0.25) is 0 Å². The van der Waals surface area contributed by atoms with Crippen molar-refractivity contribution in [2.24, 2.45) is 5.73 Å². The van der Waals surface area contributed by atoms with E-state index in [1.165, 1.54) is 5.56 Å². The van der Waals surface area contributed by atoms with Crippen molar-refractivity contribution in [1.29, 1.82) is 0 Å². The molecule has 0 bridgehead atoms. The fourth-order valence-electron chi connectivity index (χ4n) is 1.89. The summed E-state index contributed by atoms with van der Waals surface area (Å²) in [6.45, 7) is 2.99. The number of hydrogen-bond acceptors (Lipinski definition) is 3. The average Bonchev–Trinajstić information content (AvgIpc) is 2.84. The molecular formula is C13H18N4. The maximum Gasteiger partial charge on any atom is 0.132 e. The van der Waals surface area contributed by atoms with Crippen molar-refractivity contribution in [1.82, 2.24) is 14.8 Å². The van der Waals surface area contributed by atoms with Crippen molar-refractivity contribution in [3.63, 3.8) is 0 Å². The van der Waals surface area contributed by atoms with Crippen molar-refractivity contribution in [3.8, 4) is 0 Å². The van der Waals surface area contributed by atoms with Crippen LogP contribution in [-0.4, -0.2) is 14.8 Å². The third-order valence-electron chi connectivity index (χ3n) is 2.94. The van der Waals surface area contributed by atoms with E-state index in [1.807, 2.05) is 18.2 Å². The minimum atomic E-state index is 0.0678. The summed E-state index contributed by atoms with van der Waals surface area (Å²) in [5.41, 5.74) is 7.32. The van der Waals surface area contributed by atoms with Crippen LogP contribution < -0.4 is 5.73 Å². The highest BCUT2D eigenvalue weighted by Crippen LogP contribution is 2.15. The van der Waals surface area contributed by atoms with Crippen molar-refractivity contribution in [2.45, 2.75) is 32.4 Å². The van der Waals surface area contributed by atoms with E-state index in [1.54, 1.807) is 6.33 Å². The van der Waals surface area contributed by atoms with Gasteiger partial charge in [-0.15, -0.1) is 10.2 Å². The number of aromatic nitrogens is 3. The fourth-order valence-corrected chi connectivity index (χ4v) is 1.89. The number of benzene rings is 1. The first kappa shape index (κ1) is 11.8. The number of rotatable bonds is 5. The lowest BCUT2D eigenvalue weighted by Crippen LogP contribution is -2.12. The predicted molar refractivity (Wildman–Crippen MR) is 67.4 cm³/mol. The second-order valence-electron chi connectivity index (χ2n) is 4.09. The van der Waals surface area contributed by atoms with Gasteiger partial charge in [0, 0.05) is 19.0 Å². The molecule has 1 unspecified atom stereocenters. The Kier molecular flexibility index (Phi) is 3.88. The second kappa shape index (κ2) is 5.59. The fraction of sp³-hybridized carbons (Fsp3) is 0.385. The van der Waals surface area contributed by atoms with Gasteiger partial charge in [0.15, 0.2) is 0 Å². The van der Waals surface area contributed by atoms with E-state index < -0.39 is 0 Å². The lowest BCUT2D eigenvalue weighted by Gasteiger charge is -2.11. The zero-order valence-electron chi connectivity index (χ0n) is 10.1. The zero-order chi connectivity index (χ0) is 12.1. The Morgan fingerprint density at radius 1 is 1.29 bits per heavy atom. The molecule has 0 radical (unpaired) electrons. The van der Waals surface area contributed by atoms with Crippen LogP contribution in [0.15, 0.2) is 36.7 Å². The first-order valence-electron chi connectivity index (χ1n) is 5.98. The van der Waals surface area contributed by atoms with E-state index in [-0.39, 0.29) is 6.04 Å². The Labute approximate surface area is 101 Å². The van der Waals surface area contributed by atoms with E-state index in [0.717, 1.165) is 25.2 Å². The van der Waals surface area contributed by atoms with Crippen LogP contribution in [0.25, 0.3) is 0 Å². The van der Waals surface area contributed by atoms with Crippen molar-refractivity contribution < 1.29 is 0 Å². The molecule has 90 valence electrons. The summed E-state index contributed by atoms with van der Waals surface area (Å²) >= 11 is 0. The van der Waals surface area contributed by atoms with Crippen LogP contribution >= 0.6 is 0 Å². The van der Waals surface area contributed by atoms with Crippen LogP contribution in [0.4, 0.5) is 0 Å². The van der Waals surface area contributed by atoms with Gasteiger partial charge >= 0.3 is 0 Å². The summed E-state index contributed by atoms with van der Waals surface area (Å²) in [6.07, 6.45) is 3.52. The van der Waals surface area contributed by atoms with Crippen LogP contribution in [0, 0.1) is 0 Å². The number of hydrogen-bond donors (Lipinski definition) is 1. The molecule has 2 aromatic rings. The standard InChI is InChI=1S/C13H18N4/c1-2-17-10-15-16-13(17)9-8-12(14)11-6-4-3-5-7-11/h3-7,10,12H,2,8-9,14H2,1H3. The van der Waals surface area contributed by atoms with Gasteiger partial charge in [0.1, 0.15) is 12.2 Å². The number of nitrogens with zero attached hydrogens (tertiary/aromatic N) is 3. The van der Waals surface area contributed by atoms with Gasteiger partial charge in [0.05, 0.1) is 0 Å². The smallest absolute Gasteiger partial charge is 0.132 e. The highest BCUT2D eigenvalue weighted by atomic mass is 15.3. The summed E-state index contributed by atoms with van der Waals surface area (Å²) in [4.78, 5) is 0. The van der Waals surface area contributed by atoms with Gasteiger partial charge in [0.2, 0.25) is 0 Å². The summed E-state index contributed by atoms with van der Waals surface area (Å²) in [5, 5.41) is 8.03. The van der Waals surface area contributed by atoms with Gasteiger partial charge in [-0.1, -0.05) is 30.3 Å². The minimum absolute atomic E-state index is 0.0678. The summed E-state index contributed by atoms with van der Waals surface area (Å²) in [5.74, 6) is 1.01. The molecule has 4 nitrogen and oxygen atoms in total. The lowest BCUT2D eigenvalue weighted by molar-refractivity contribution is 0.604. The first-order chi connectivity index (χ1) is 8.31. The van der Waals surface area contributed by atoms with Gasteiger partial charge in [-0.2, -0.15) is 0 Å². The molecule has 1 heterocycles. The monoisotopic (exact) mass is 230 g/mol. The van der Waals surface area contributed by atoms with E-state index in [4.69, 9.17) is 5.73 Å². The molecule has 17 heavy (non-hydrogen) atoms. The molecule has 0 aliphatic rings. The van der Waals surface area contributed by atoms with Crippen LogP contribution in [0.2, 0.25) is 0 Å².